The first-order valence-electron chi connectivity index (χ1n) is 7.89. The zero-order valence-corrected chi connectivity index (χ0v) is 15.7. The molecule has 0 aromatic heterocycles. The lowest BCUT2D eigenvalue weighted by Crippen LogP contribution is -2.31. The Kier molecular flexibility index (Phi) is 7.34. The number of amides is 1. The van der Waals surface area contributed by atoms with Crippen LogP contribution in [0.25, 0.3) is 0 Å². The highest BCUT2D eigenvalue weighted by molar-refractivity contribution is 7.98. The third-order valence-corrected chi connectivity index (χ3v) is 4.53. The highest BCUT2D eigenvalue weighted by Gasteiger charge is 2.10. The van der Waals surface area contributed by atoms with Gasteiger partial charge in [-0.15, -0.1) is 11.8 Å². The molecule has 0 saturated heterocycles. The van der Waals surface area contributed by atoms with E-state index in [0.717, 1.165) is 21.2 Å². The number of ether oxygens (including phenoxy) is 1. The highest BCUT2D eigenvalue weighted by atomic mass is 35.5. The molecule has 0 unspecified atom stereocenters. The number of rotatable bonds is 7. The van der Waals surface area contributed by atoms with Gasteiger partial charge in [0, 0.05) is 21.2 Å². The number of benzene rings is 2. The van der Waals surface area contributed by atoms with Crippen LogP contribution in [-0.2, 0) is 15.3 Å². The standard InChI is InChI=1S/C19H20ClNO3S/c1-13(2)24-18(22)11-21-19(23)15-5-3-14(4-6-15)12-25-17-9-7-16(20)8-10-17/h3-10,13H,11-12H2,1-2H3,(H,21,23). The van der Waals surface area contributed by atoms with Gasteiger partial charge in [0.2, 0.25) is 0 Å². The van der Waals surface area contributed by atoms with Gasteiger partial charge < -0.3 is 10.1 Å². The summed E-state index contributed by atoms with van der Waals surface area (Å²) in [5, 5.41) is 3.27. The summed E-state index contributed by atoms with van der Waals surface area (Å²) in [6, 6.07) is 15.0. The number of thioether (sulfide) groups is 1. The monoisotopic (exact) mass is 377 g/mol. The Morgan fingerprint density at radius 3 is 2.32 bits per heavy atom. The Balaban J connectivity index is 1.83. The topological polar surface area (TPSA) is 55.4 Å². The van der Waals surface area contributed by atoms with Crippen molar-refractivity contribution in [1.82, 2.24) is 5.32 Å². The van der Waals surface area contributed by atoms with E-state index in [1.54, 1.807) is 37.7 Å². The van der Waals surface area contributed by atoms with E-state index < -0.39 is 5.97 Å². The van der Waals surface area contributed by atoms with Crippen LogP contribution in [-0.4, -0.2) is 24.5 Å². The minimum absolute atomic E-state index is 0.134. The molecule has 2 aromatic carbocycles. The fraction of sp³-hybridized carbons (Fsp3) is 0.263. The number of carbonyl (C=O) groups excluding carboxylic acids is 2. The van der Waals surface area contributed by atoms with E-state index in [-0.39, 0.29) is 18.6 Å². The van der Waals surface area contributed by atoms with Crippen molar-refractivity contribution in [2.24, 2.45) is 0 Å². The van der Waals surface area contributed by atoms with Crippen LogP contribution in [0.1, 0.15) is 29.8 Å². The number of hydrogen-bond donors (Lipinski definition) is 1. The summed E-state index contributed by atoms with van der Waals surface area (Å²) >= 11 is 7.57. The summed E-state index contributed by atoms with van der Waals surface area (Å²) in [5.74, 6) is 0.0569. The summed E-state index contributed by atoms with van der Waals surface area (Å²) in [5.41, 5.74) is 1.62. The molecular weight excluding hydrogens is 358 g/mol. The van der Waals surface area contributed by atoms with Gasteiger partial charge in [-0.1, -0.05) is 23.7 Å². The van der Waals surface area contributed by atoms with E-state index in [4.69, 9.17) is 16.3 Å². The zero-order valence-electron chi connectivity index (χ0n) is 14.1. The predicted octanol–water partition coefficient (Wildman–Crippen LogP) is 4.31. The quantitative estimate of drug-likeness (QED) is 0.577. The molecule has 2 aromatic rings. The first-order chi connectivity index (χ1) is 11.9. The van der Waals surface area contributed by atoms with Gasteiger partial charge >= 0.3 is 5.97 Å². The van der Waals surface area contributed by atoms with Crippen LogP contribution in [0.15, 0.2) is 53.4 Å². The smallest absolute Gasteiger partial charge is 0.325 e. The molecule has 0 saturated carbocycles. The minimum atomic E-state index is -0.445. The van der Waals surface area contributed by atoms with Crippen LogP contribution >= 0.6 is 23.4 Å². The van der Waals surface area contributed by atoms with E-state index in [2.05, 4.69) is 5.32 Å². The maximum atomic E-state index is 12.0. The van der Waals surface area contributed by atoms with Crippen molar-refractivity contribution in [2.45, 2.75) is 30.6 Å². The van der Waals surface area contributed by atoms with Gasteiger partial charge in [0.15, 0.2) is 0 Å². The molecule has 0 aliphatic rings. The molecule has 132 valence electrons. The van der Waals surface area contributed by atoms with Crippen LogP contribution in [0.5, 0.6) is 0 Å². The lowest BCUT2D eigenvalue weighted by atomic mass is 10.1. The van der Waals surface area contributed by atoms with Gasteiger partial charge in [-0.2, -0.15) is 0 Å². The Hall–Kier alpha value is -1.98. The Bertz CT molecular complexity index is 714. The fourth-order valence-electron chi connectivity index (χ4n) is 2.01. The van der Waals surface area contributed by atoms with Crippen molar-refractivity contribution in [3.63, 3.8) is 0 Å². The summed E-state index contributed by atoms with van der Waals surface area (Å²) in [7, 11) is 0. The molecule has 0 bridgehead atoms. The number of carbonyl (C=O) groups is 2. The van der Waals surface area contributed by atoms with Crippen LogP contribution in [0.4, 0.5) is 0 Å². The third kappa shape index (κ3) is 6.80. The van der Waals surface area contributed by atoms with Crippen molar-refractivity contribution >= 4 is 35.2 Å². The molecule has 1 N–H and O–H groups in total. The molecule has 0 fully saturated rings. The fourth-order valence-corrected chi connectivity index (χ4v) is 2.99. The number of esters is 1. The van der Waals surface area contributed by atoms with Crippen molar-refractivity contribution < 1.29 is 14.3 Å². The molecular formula is C19H20ClNO3S. The maximum Gasteiger partial charge on any atom is 0.325 e. The van der Waals surface area contributed by atoms with Gasteiger partial charge in [0.25, 0.3) is 5.91 Å². The van der Waals surface area contributed by atoms with E-state index in [1.165, 1.54) is 0 Å². The average molecular weight is 378 g/mol. The highest BCUT2D eigenvalue weighted by Crippen LogP contribution is 2.24. The number of hydrogen-bond acceptors (Lipinski definition) is 4. The zero-order chi connectivity index (χ0) is 18.2. The molecule has 4 nitrogen and oxygen atoms in total. The number of halogens is 1. The first-order valence-corrected chi connectivity index (χ1v) is 9.25. The predicted molar refractivity (Wildman–Crippen MR) is 101 cm³/mol. The SMILES string of the molecule is CC(C)OC(=O)CNC(=O)c1ccc(CSc2ccc(Cl)cc2)cc1. The second kappa shape index (κ2) is 9.49. The summed E-state index contributed by atoms with van der Waals surface area (Å²) < 4.78 is 4.97. The number of nitrogens with one attached hydrogen (secondary N) is 1. The molecule has 0 aliphatic carbocycles. The molecule has 2 rings (SSSR count). The largest absolute Gasteiger partial charge is 0.462 e. The van der Waals surface area contributed by atoms with Crippen molar-refractivity contribution in [1.29, 1.82) is 0 Å². The molecule has 0 spiro atoms. The van der Waals surface area contributed by atoms with Crippen LogP contribution in [0.2, 0.25) is 5.02 Å². The molecule has 1 amide bonds. The van der Waals surface area contributed by atoms with Crippen molar-refractivity contribution in [2.75, 3.05) is 6.54 Å². The average Bonchev–Trinajstić information content (AvgIpc) is 2.59. The van der Waals surface area contributed by atoms with Crippen LogP contribution < -0.4 is 5.32 Å². The van der Waals surface area contributed by atoms with Gasteiger partial charge in [-0.3, -0.25) is 9.59 Å². The Morgan fingerprint density at radius 2 is 1.72 bits per heavy atom. The van der Waals surface area contributed by atoms with Crippen LogP contribution in [0, 0.1) is 0 Å². The van der Waals surface area contributed by atoms with Crippen LogP contribution in [0.3, 0.4) is 0 Å². The summed E-state index contributed by atoms with van der Waals surface area (Å²) in [6.45, 7) is 3.40. The molecule has 25 heavy (non-hydrogen) atoms. The molecule has 6 heteroatoms. The van der Waals surface area contributed by atoms with Gasteiger partial charge in [0.05, 0.1) is 6.10 Å². The van der Waals surface area contributed by atoms with E-state index in [0.29, 0.717) is 5.56 Å². The molecule has 0 heterocycles. The molecule has 0 radical (unpaired) electrons. The van der Waals surface area contributed by atoms with E-state index in [1.807, 2.05) is 36.4 Å². The lowest BCUT2D eigenvalue weighted by Gasteiger charge is -2.09. The Labute approximate surface area is 156 Å². The van der Waals surface area contributed by atoms with Crippen molar-refractivity contribution in [3.05, 3.63) is 64.7 Å². The van der Waals surface area contributed by atoms with E-state index >= 15 is 0 Å². The molecule has 0 atom stereocenters. The first kappa shape index (κ1) is 19.3. The lowest BCUT2D eigenvalue weighted by molar-refractivity contribution is -0.146. The summed E-state index contributed by atoms with van der Waals surface area (Å²) in [6.07, 6.45) is -0.193. The second-order valence-electron chi connectivity index (χ2n) is 5.66. The van der Waals surface area contributed by atoms with Gasteiger partial charge in [-0.25, -0.2) is 0 Å². The third-order valence-electron chi connectivity index (χ3n) is 3.20. The Morgan fingerprint density at radius 1 is 1.08 bits per heavy atom. The second-order valence-corrected chi connectivity index (χ2v) is 7.15. The normalized spacial score (nSPS) is 10.6. The maximum absolute atomic E-state index is 12.0. The summed E-state index contributed by atoms with van der Waals surface area (Å²) in [4.78, 5) is 24.6. The molecule has 0 aliphatic heterocycles. The van der Waals surface area contributed by atoms with Crippen molar-refractivity contribution in [3.8, 4) is 0 Å². The van der Waals surface area contributed by atoms with E-state index in [9.17, 15) is 9.59 Å². The minimum Gasteiger partial charge on any atom is -0.462 e. The van der Waals surface area contributed by atoms with Gasteiger partial charge in [0.1, 0.15) is 6.54 Å². The van der Waals surface area contributed by atoms with Gasteiger partial charge in [-0.05, 0) is 55.8 Å².